The Labute approximate surface area is 133 Å². The van der Waals surface area contributed by atoms with Gasteiger partial charge in [0.1, 0.15) is 6.54 Å². The first-order valence-electron chi connectivity index (χ1n) is 7.15. The topological polar surface area (TPSA) is 60.7 Å². The number of ether oxygens (including phenoxy) is 1. The molecule has 2 aromatic rings. The summed E-state index contributed by atoms with van der Waals surface area (Å²) < 4.78 is 7.48. The van der Waals surface area contributed by atoms with Crippen LogP contribution in [0.5, 0.6) is 0 Å². The Morgan fingerprint density at radius 3 is 2.73 bits per heavy atom. The summed E-state index contributed by atoms with van der Waals surface area (Å²) in [7, 11) is 1.35. The van der Waals surface area contributed by atoms with Crippen LogP contribution in [0.25, 0.3) is 10.2 Å². The van der Waals surface area contributed by atoms with E-state index in [2.05, 4.69) is 4.99 Å². The van der Waals surface area contributed by atoms with Crippen LogP contribution in [-0.2, 0) is 20.9 Å². The standard InChI is InChI=1S/C16H20N2O3S/c1-10(2)7-14(19)17-16-18(9-15(20)21-4)12-6-5-11(3)8-13(12)22-16/h5-6,8,10H,7,9H2,1-4H3. The zero-order valence-corrected chi connectivity index (χ0v) is 14.1. The molecule has 1 heterocycles. The number of benzene rings is 1. The van der Waals surface area contributed by atoms with Gasteiger partial charge in [-0.15, -0.1) is 0 Å². The molecule has 0 N–H and O–H groups in total. The predicted octanol–water partition coefficient (Wildman–Crippen LogP) is 2.66. The van der Waals surface area contributed by atoms with E-state index in [1.807, 2.05) is 39.0 Å². The molecule has 0 bridgehead atoms. The van der Waals surface area contributed by atoms with Crippen LogP contribution in [0, 0.1) is 12.8 Å². The molecule has 0 saturated heterocycles. The van der Waals surface area contributed by atoms with E-state index in [9.17, 15) is 9.59 Å². The fraction of sp³-hybridized carbons (Fsp3) is 0.438. The van der Waals surface area contributed by atoms with Gasteiger partial charge in [0.25, 0.3) is 0 Å². The molecule has 22 heavy (non-hydrogen) atoms. The Hall–Kier alpha value is -1.95. The number of aromatic nitrogens is 1. The highest BCUT2D eigenvalue weighted by Gasteiger charge is 2.12. The van der Waals surface area contributed by atoms with Gasteiger partial charge >= 0.3 is 5.97 Å². The zero-order chi connectivity index (χ0) is 16.3. The third-order valence-corrected chi connectivity index (χ3v) is 4.20. The first-order valence-corrected chi connectivity index (χ1v) is 7.96. The van der Waals surface area contributed by atoms with Gasteiger partial charge in [-0.2, -0.15) is 4.99 Å². The summed E-state index contributed by atoms with van der Waals surface area (Å²) in [6.45, 7) is 6.01. The van der Waals surface area contributed by atoms with Gasteiger partial charge in [-0.1, -0.05) is 31.3 Å². The van der Waals surface area contributed by atoms with Crippen LogP contribution in [0.3, 0.4) is 0 Å². The number of hydrogen-bond acceptors (Lipinski definition) is 4. The minimum absolute atomic E-state index is 0.0490. The maximum Gasteiger partial charge on any atom is 0.325 e. The molecule has 2 rings (SSSR count). The molecule has 0 saturated carbocycles. The van der Waals surface area contributed by atoms with E-state index in [-0.39, 0.29) is 24.3 Å². The third-order valence-electron chi connectivity index (χ3n) is 3.16. The molecule has 1 aromatic carbocycles. The molecule has 0 aliphatic heterocycles. The van der Waals surface area contributed by atoms with Crippen LogP contribution in [0.15, 0.2) is 23.2 Å². The van der Waals surface area contributed by atoms with Crippen molar-refractivity contribution in [3.8, 4) is 0 Å². The Bertz CT molecular complexity index is 771. The summed E-state index contributed by atoms with van der Waals surface area (Å²) in [4.78, 5) is 28.4. The Kier molecular flexibility index (Phi) is 5.13. The molecule has 0 spiro atoms. The Balaban J connectivity index is 2.55. The lowest BCUT2D eigenvalue weighted by Gasteiger charge is -2.04. The van der Waals surface area contributed by atoms with Crippen molar-refractivity contribution < 1.29 is 14.3 Å². The number of aryl methyl sites for hydroxylation is 1. The first kappa shape index (κ1) is 16.4. The van der Waals surface area contributed by atoms with Crippen LogP contribution >= 0.6 is 11.3 Å². The molecule has 118 valence electrons. The third kappa shape index (κ3) is 3.82. The van der Waals surface area contributed by atoms with E-state index in [0.29, 0.717) is 11.2 Å². The molecule has 0 radical (unpaired) electrons. The summed E-state index contributed by atoms with van der Waals surface area (Å²) in [6.07, 6.45) is 0.394. The van der Waals surface area contributed by atoms with Crippen molar-refractivity contribution in [2.75, 3.05) is 7.11 Å². The molecule has 6 heteroatoms. The highest BCUT2D eigenvalue weighted by Crippen LogP contribution is 2.19. The van der Waals surface area contributed by atoms with Gasteiger partial charge in [0.2, 0.25) is 5.91 Å². The quantitative estimate of drug-likeness (QED) is 0.814. The SMILES string of the molecule is COC(=O)Cn1c(=NC(=O)CC(C)C)sc2cc(C)ccc21. The minimum atomic E-state index is -0.363. The number of nitrogens with zero attached hydrogens (tertiary/aromatic N) is 2. The molecule has 1 aromatic heterocycles. The van der Waals surface area contributed by atoms with Crippen molar-refractivity contribution in [3.05, 3.63) is 28.6 Å². The van der Waals surface area contributed by atoms with Crippen molar-refractivity contribution in [2.45, 2.75) is 33.7 Å². The maximum absolute atomic E-state index is 12.0. The fourth-order valence-electron chi connectivity index (χ4n) is 2.11. The van der Waals surface area contributed by atoms with E-state index in [1.165, 1.54) is 18.4 Å². The molecule has 0 atom stereocenters. The van der Waals surface area contributed by atoms with Crippen molar-refractivity contribution >= 4 is 33.4 Å². The first-order chi connectivity index (χ1) is 10.4. The highest BCUT2D eigenvalue weighted by atomic mass is 32.1. The smallest absolute Gasteiger partial charge is 0.325 e. The average molecular weight is 320 g/mol. The summed E-state index contributed by atoms with van der Waals surface area (Å²) in [5.41, 5.74) is 2.01. The predicted molar refractivity (Wildman–Crippen MR) is 86.6 cm³/mol. The van der Waals surface area contributed by atoms with E-state index < -0.39 is 0 Å². The van der Waals surface area contributed by atoms with Crippen LogP contribution in [0.2, 0.25) is 0 Å². The van der Waals surface area contributed by atoms with Gasteiger partial charge in [-0.05, 0) is 30.5 Å². The normalized spacial score (nSPS) is 12.1. The van der Waals surface area contributed by atoms with E-state index in [4.69, 9.17) is 4.74 Å². The van der Waals surface area contributed by atoms with Crippen LogP contribution in [0.1, 0.15) is 25.8 Å². The summed E-state index contributed by atoms with van der Waals surface area (Å²) in [5.74, 6) is -0.281. The van der Waals surface area contributed by atoms with Crippen molar-refractivity contribution in [3.63, 3.8) is 0 Å². The maximum atomic E-state index is 12.0. The van der Waals surface area contributed by atoms with Crippen LogP contribution in [-0.4, -0.2) is 23.6 Å². The summed E-state index contributed by atoms with van der Waals surface area (Å²) in [5, 5.41) is 0. The van der Waals surface area contributed by atoms with Crippen molar-refractivity contribution in [1.29, 1.82) is 0 Å². The van der Waals surface area contributed by atoms with E-state index >= 15 is 0 Å². The number of thiazole rings is 1. The fourth-order valence-corrected chi connectivity index (χ4v) is 3.26. The number of methoxy groups -OCH3 is 1. The molecule has 5 nitrogen and oxygen atoms in total. The molecule has 0 aliphatic carbocycles. The second-order valence-electron chi connectivity index (χ2n) is 5.62. The Morgan fingerprint density at radius 1 is 1.36 bits per heavy atom. The number of hydrogen-bond donors (Lipinski definition) is 0. The summed E-state index contributed by atoms with van der Waals surface area (Å²) in [6, 6.07) is 5.94. The molecular weight excluding hydrogens is 300 g/mol. The monoisotopic (exact) mass is 320 g/mol. The van der Waals surface area contributed by atoms with Crippen LogP contribution < -0.4 is 4.80 Å². The minimum Gasteiger partial charge on any atom is -0.468 e. The van der Waals surface area contributed by atoms with Gasteiger partial charge in [-0.3, -0.25) is 9.59 Å². The second-order valence-corrected chi connectivity index (χ2v) is 6.63. The summed E-state index contributed by atoms with van der Waals surface area (Å²) >= 11 is 1.41. The van der Waals surface area contributed by atoms with Gasteiger partial charge in [0.15, 0.2) is 4.80 Å². The number of esters is 1. The number of carbonyl (C=O) groups excluding carboxylic acids is 2. The average Bonchev–Trinajstić information content (AvgIpc) is 2.74. The molecule has 1 amide bonds. The highest BCUT2D eigenvalue weighted by molar-refractivity contribution is 7.16. The number of carbonyl (C=O) groups is 2. The largest absolute Gasteiger partial charge is 0.468 e. The number of amides is 1. The molecular formula is C16H20N2O3S. The second kappa shape index (κ2) is 6.87. The van der Waals surface area contributed by atoms with Gasteiger partial charge in [-0.25, -0.2) is 0 Å². The lowest BCUT2D eigenvalue weighted by atomic mass is 10.1. The van der Waals surface area contributed by atoms with E-state index in [1.54, 1.807) is 4.57 Å². The number of rotatable bonds is 4. The van der Waals surface area contributed by atoms with E-state index in [0.717, 1.165) is 15.8 Å². The van der Waals surface area contributed by atoms with Gasteiger partial charge in [0.05, 0.1) is 17.3 Å². The van der Waals surface area contributed by atoms with Gasteiger partial charge in [0, 0.05) is 6.42 Å². The van der Waals surface area contributed by atoms with Crippen molar-refractivity contribution in [2.24, 2.45) is 10.9 Å². The Morgan fingerprint density at radius 2 is 2.09 bits per heavy atom. The zero-order valence-electron chi connectivity index (χ0n) is 13.3. The van der Waals surface area contributed by atoms with Gasteiger partial charge < -0.3 is 9.30 Å². The van der Waals surface area contributed by atoms with Crippen molar-refractivity contribution in [1.82, 2.24) is 4.57 Å². The number of fused-ring (bicyclic) bond motifs is 1. The lowest BCUT2D eigenvalue weighted by molar-refractivity contribution is -0.141. The molecule has 0 unspecified atom stereocenters. The lowest BCUT2D eigenvalue weighted by Crippen LogP contribution is -2.22. The molecule has 0 aliphatic rings. The molecule has 0 fully saturated rings. The van der Waals surface area contributed by atoms with Crippen LogP contribution in [0.4, 0.5) is 0 Å².